The van der Waals surface area contributed by atoms with Crippen LogP contribution < -0.4 is 0 Å². The number of aryl methyl sites for hydroxylation is 4. The Morgan fingerprint density at radius 1 is 0.712 bits per heavy atom. The lowest BCUT2D eigenvalue weighted by Gasteiger charge is -2.15. The van der Waals surface area contributed by atoms with Gasteiger partial charge in [0.05, 0.1) is 29.3 Å². The SMILES string of the molecule is [C-]#[N+]c1c(C)nn(-c2cc(-n3nc(C)c(C#N)c3N=Nc3c(C(C)(C)C)nn4c(C)n[nH]c34)ncn2)c1N=Nc1c(C(C)(C)C)nn2c(C)n[nH]c12. The van der Waals surface area contributed by atoms with E-state index in [1.54, 1.807) is 28.9 Å². The minimum atomic E-state index is -0.375. The van der Waals surface area contributed by atoms with Gasteiger partial charge >= 0.3 is 0 Å². The molecule has 7 heterocycles. The van der Waals surface area contributed by atoms with Crippen LogP contribution in [0.1, 0.15) is 81.5 Å². The summed E-state index contributed by atoms with van der Waals surface area (Å²) in [5, 5.41) is 61.5. The van der Waals surface area contributed by atoms with Gasteiger partial charge in [-0.15, -0.1) is 20.5 Å². The van der Waals surface area contributed by atoms with Gasteiger partial charge < -0.3 is 0 Å². The number of hydrogen-bond acceptors (Lipinski definition) is 13. The molecule has 52 heavy (non-hydrogen) atoms. The van der Waals surface area contributed by atoms with Crippen molar-refractivity contribution in [1.29, 1.82) is 5.26 Å². The number of aromatic nitrogens is 14. The van der Waals surface area contributed by atoms with Crippen molar-refractivity contribution in [1.82, 2.24) is 69.2 Å². The van der Waals surface area contributed by atoms with Crippen LogP contribution in [0.5, 0.6) is 0 Å². The van der Waals surface area contributed by atoms with Crippen LogP contribution >= 0.6 is 0 Å². The van der Waals surface area contributed by atoms with Crippen LogP contribution in [0.3, 0.4) is 0 Å². The second-order valence-electron chi connectivity index (χ2n) is 14.2. The fourth-order valence-electron chi connectivity index (χ4n) is 5.60. The zero-order valence-electron chi connectivity index (χ0n) is 30.2. The molecular formula is C32H34N20. The Morgan fingerprint density at radius 3 is 1.67 bits per heavy atom. The molecular weight excluding hydrogens is 664 g/mol. The zero-order valence-corrected chi connectivity index (χ0v) is 30.2. The van der Waals surface area contributed by atoms with Crippen molar-refractivity contribution >= 4 is 40.0 Å². The molecule has 7 aromatic rings. The highest BCUT2D eigenvalue weighted by Gasteiger charge is 2.29. The van der Waals surface area contributed by atoms with Crippen molar-refractivity contribution in [2.45, 2.75) is 80.1 Å². The summed E-state index contributed by atoms with van der Waals surface area (Å²) in [6.07, 6.45) is 1.32. The predicted molar refractivity (Wildman–Crippen MR) is 187 cm³/mol. The summed E-state index contributed by atoms with van der Waals surface area (Å²) in [5.41, 5.74) is 3.99. The number of hydrogen-bond donors (Lipinski definition) is 2. The van der Waals surface area contributed by atoms with E-state index in [4.69, 9.17) is 16.8 Å². The third kappa shape index (κ3) is 5.37. The molecule has 0 aliphatic heterocycles. The van der Waals surface area contributed by atoms with Gasteiger partial charge in [0.25, 0.3) is 5.69 Å². The van der Waals surface area contributed by atoms with Gasteiger partial charge in [-0.25, -0.2) is 19.5 Å². The number of nitrogens with zero attached hydrogens (tertiary/aromatic N) is 18. The molecule has 0 amide bonds. The van der Waals surface area contributed by atoms with Gasteiger partial charge in [-0.2, -0.15) is 49.6 Å². The Balaban J connectivity index is 1.34. The summed E-state index contributed by atoms with van der Waals surface area (Å²) in [6, 6.07) is 3.79. The minimum absolute atomic E-state index is 0.147. The molecule has 262 valence electrons. The molecule has 0 bridgehead atoms. The van der Waals surface area contributed by atoms with Crippen LogP contribution in [-0.2, 0) is 10.8 Å². The van der Waals surface area contributed by atoms with Crippen LogP contribution in [-0.4, -0.2) is 69.2 Å². The van der Waals surface area contributed by atoms with E-state index in [0.29, 0.717) is 57.1 Å². The lowest BCUT2D eigenvalue weighted by molar-refractivity contribution is 0.561. The quantitative estimate of drug-likeness (QED) is 0.139. The number of nitriles is 1. The van der Waals surface area contributed by atoms with Gasteiger partial charge in [0, 0.05) is 16.9 Å². The number of H-pyrrole nitrogens is 2. The number of rotatable bonds is 6. The first-order chi connectivity index (χ1) is 24.6. The van der Waals surface area contributed by atoms with Crippen molar-refractivity contribution in [3.05, 3.63) is 63.8 Å². The van der Waals surface area contributed by atoms with Crippen LogP contribution in [0.4, 0.5) is 28.7 Å². The summed E-state index contributed by atoms with van der Waals surface area (Å²) >= 11 is 0. The monoisotopic (exact) mass is 698 g/mol. The number of fused-ring (bicyclic) bond motifs is 2. The van der Waals surface area contributed by atoms with Crippen molar-refractivity contribution in [2.24, 2.45) is 20.5 Å². The summed E-state index contributed by atoms with van der Waals surface area (Å²) in [7, 11) is 0. The summed E-state index contributed by atoms with van der Waals surface area (Å²) in [4.78, 5) is 12.6. The Bertz CT molecular complexity index is 2490. The average molecular weight is 699 g/mol. The van der Waals surface area contributed by atoms with Gasteiger partial charge in [0.15, 0.2) is 45.9 Å². The van der Waals surface area contributed by atoms with Crippen molar-refractivity contribution in [2.75, 3.05) is 0 Å². The standard InChI is InChI=1S/C32H34N20/c1-15-19(13-33)27(41-39-23-25(31(5,6)7)47-49-17(3)37-42-29(23)49)51(45-15)20-12-21(36-14-35-20)52-28(22(34-11)16(2)46-52)44-40-24-26(32(8,9)10)48-50-18(4)38-43-30(24)50/h12,14,42-43H,1-10H3. The van der Waals surface area contributed by atoms with E-state index >= 15 is 0 Å². The Labute approximate surface area is 296 Å². The van der Waals surface area contributed by atoms with E-state index in [1.165, 1.54) is 15.7 Å². The summed E-state index contributed by atoms with van der Waals surface area (Å²) in [5.74, 6) is 2.15. The van der Waals surface area contributed by atoms with Crippen LogP contribution in [0.2, 0.25) is 0 Å². The Hall–Kier alpha value is -6.96. The van der Waals surface area contributed by atoms with Crippen LogP contribution in [0.25, 0.3) is 27.8 Å². The minimum Gasteiger partial charge on any atom is -0.258 e. The second kappa shape index (κ2) is 11.8. The van der Waals surface area contributed by atoms with Gasteiger partial charge in [-0.05, 0) is 27.7 Å². The number of nitrogens with one attached hydrogen (secondary N) is 2. The third-order valence-electron chi connectivity index (χ3n) is 8.23. The van der Waals surface area contributed by atoms with E-state index < -0.39 is 0 Å². The van der Waals surface area contributed by atoms with E-state index in [-0.39, 0.29) is 45.4 Å². The largest absolute Gasteiger partial charge is 0.258 e. The molecule has 0 unspecified atom stereocenters. The zero-order chi connectivity index (χ0) is 37.3. The molecule has 20 heteroatoms. The van der Waals surface area contributed by atoms with E-state index in [9.17, 15) is 5.26 Å². The molecule has 2 N–H and O–H groups in total. The molecule has 0 spiro atoms. The fourth-order valence-corrected chi connectivity index (χ4v) is 5.60. The fraction of sp³-hybridized carbons (Fsp3) is 0.375. The first-order valence-corrected chi connectivity index (χ1v) is 16.1. The predicted octanol–water partition coefficient (Wildman–Crippen LogP) is 6.67. The van der Waals surface area contributed by atoms with Gasteiger partial charge in [-0.1, -0.05) is 41.5 Å². The van der Waals surface area contributed by atoms with E-state index in [0.717, 1.165) is 0 Å². The van der Waals surface area contributed by atoms with Gasteiger partial charge in [-0.3, -0.25) is 10.2 Å². The highest BCUT2D eigenvalue weighted by Crippen LogP contribution is 2.39. The van der Waals surface area contributed by atoms with Gasteiger partial charge in [0.1, 0.15) is 29.6 Å². The molecule has 20 nitrogen and oxygen atoms in total. The molecule has 7 aromatic heterocycles. The average Bonchev–Trinajstić information content (AvgIpc) is 3.92. The van der Waals surface area contributed by atoms with Crippen LogP contribution in [0.15, 0.2) is 32.9 Å². The third-order valence-corrected chi connectivity index (χ3v) is 8.23. The molecule has 0 saturated carbocycles. The molecule has 0 radical (unpaired) electrons. The normalized spacial score (nSPS) is 12.6. The Kier molecular flexibility index (Phi) is 7.63. The molecule has 0 aromatic carbocycles. The highest BCUT2D eigenvalue weighted by molar-refractivity contribution is 5.71. The molecule has 0 aliphatic rings. The maximum absolute atomic E-state index is 10.1. The first kappa shape index (κ1) is 33.5. The summed E-state index contributed by atoms with van der Waals surface area (Å²) in [6.45, 7) is 27.1. The first-order valence-electron chi connectivity index (χ1n) is 16.1. The van der Waals surface area contributed by atoms with Crippen molar-refractivity contribution < 1.29 is 0 Å². The topological polar surface area (TPSA) is 231 Å². The molecule has 0 fully saturated rings. The van der Waals surface area contributed by atoms with Crippen LogP contribution in [0, 0.1) is 45.6 Å². The molecule has 0 atom stereocenters. The molecule has 0 saturated heterocycles. The molecule has 0 aliphatic carbocycles. The van der Waals surface area contributed by atoms with Crippen molar-refractivity contribution in [3.63, 3.8) is 0 Å². The van der Waals surface area contributed by atoms with Gasteiger partial charge in [0.2, 0.25) is 0 Å². The summed E-state index contributed by atoms with van der Waals surface area (Å²) < 4.78 is 6.17. The maximum Gasteiger partial charge on any atom is 0.255 e. The Morgan fingerprint density at radius 2 is 1.19 bits per heavy atom. The lowest BCUT2D eigenvalue weighted by Crippen LogP contribution is -2.12. The van der Waals surface area contributed by atoms with E-state index in [1.807, 2.05) is 55.4 Å². The number of azo groups is 2. The maximum atomic E-state index is 10.1. The van der Waals surface area contributed by atoms with Crippen molar-refractivity contribution in [3.8, 4) is 17.7 Å². The molecule has 7 rings (SSSR count). The highest BCUT2D eigenvalue weighted by atomic mass is 15.4. The van der Waals surface area contributed by atoms with E-state index in [2.05, 4.69) is 71.9 Å². The number of aromatic amines is 2. The smallest absolute Gasteiger partial charge is 0.255 e. The lowest BCUT2D eigenvalue weighted by atomic mass is 9.91. The second-order valence-corrected chi connectivity index (χ2v) is 14.2.